The average molecular weight is 421 g/mol. The van der Waals surface area contributed by atoms with Gasteiger partial charge in [0.05, 0.1) is 18.2 Å². The summed E-state index contributed by atoms with van der Waals surface area (Å²) in [5, 5.41) is 0. The number of rotatable bonds is 4. The molecule has 1 fully saturated rings. The fourth-order valence-electron chi connectivity index (χ4n) is 4.00. The number of carbonyl (C=O) groups is 4. The molecule has 2 aliphatic rings. The summed E-state index contributed by atoms with van der Waals surface area (Å²) in [4.78, 5) is 55.4. The second-order valence-electron chi connectivity index (χ2n) is 7.55. The highest BCUT2D eigenvalue weighted by Gasteiger charge is 2.42. The second-order valence-corrected chi connectivity index (χ2v) is 7.55. The molecule has 8 heteroatoms. The number of hydrogen-bond donors (Lipinski definition) is 0. The minimum atomic E-state index is -0.909. The number of amides is 4. The van der Waals surface area contributed by atoms with E-state index >= 15 is 0 Å². The van der Waals surface area contributed by atoms with Crippen LogP contribution in [0.5, 0.6) is 5.75 Å². The van der Waals surface area contributed by atoms with Crippen molar-refractivity contribution in [3.8, 4) is 5.75 Å². The van der Waals surface area contributed by atoms with E-state index in [1.165, 1.54) is 0 Å². The van der Waals surface area contributed by atoms with E-state index in [9.17, 15) is 19.2 Å². The molecule has 0 radical (unpaired) electrons. The molecule has 1 atom stereocenters. The first kappa shape index (κ1) is 20.6. The molecule has 0 aromatic heterocycles. The van der Waals surface area contributed by atoms with E-state index in [4.69, 9.17) is 4.74 Å². The fraction of sp³-hybridized carbons (Fsp3) is 0.304. The summed E-state index contributed by atoms with van der Waals surface area (Å²) in [7, 11) is 1.55. The molecule has 160 valence electrons. The minimum Gasteiger partial charge on any atom is -0.497 e. The molecule has 4 amide bonds. The van der Waals surface area contributed by atoms with E-state index in [1.54, 1.807) is 72.4 Å². The first-order valence-corrected chi connectivity index (χ1v) is 10.1. The summed E-state index contributed by atoms with van der Waals surface area (Å²) < 4.78 is 5.17. The van der Waals surface area contributed by atoms with Crippen molar-refractivity contribution in [1.82, 2.24) is 14.7 Å². The highest BCUT2D eigenvalue weighted by atomic mass is 16.5. The van der Waals surface area contributed by atoms with Crippen LogP contribution in [0.1, 0.15) is 38.0 Å². The summed E-state index contributed by atoms with van der Waals surface area (Å²) in [5.41, 5.74) is 1.17. The van der Waals surface area contributed by atoms with Crippen LogP contribution in [0.15, 0.2) is 48.5 Å². The monoisotopic (exact) mass is 421 g/mol. The summed E-state index contributed by atoms with van der Waals surface area (Å²) in [6.07, 6.45) is 0. The van der Waals surface area contributed by atoms with Crippen LogP contribution >= 0.6 is 0 Å². The molecule has 0 aliphatic carbocycles. The van der Waals surface area contributed by atoms with Crippen LogP contribution in [0, 0.1) is 0 Å². The van der Waals surface area contributed by atoms with Crippen molar-refractivity contribution in [3.63, 3.8) is 0 Å². The Bertz CT molecular complexity index is 1020. The van der Waals surface area contributed by atoms with Gasteiger partial charge in [-0.25, -0.2) is 0 Å². The average Bonchev–Trinajstić information content (AvgIpc) is 3.08. The number of carbonyl (C=O) groups excluding carboxylic acids is 4. The van der Waals surface area contributed by atoms with Gasteiger partial charge in [0.25, 0.3) is 17.7 Å². The first-order valence-electron chi connectivity index (χ1n) is 10.1. The van der Waals surface area contributed by atoms with Gasteiger partial charge in [0.2, 0.25) is 5.91 Å². The molecule has 4 rings (SSSR count). The van der Waals surface area contributed by atoms with Crippen molar-refractivity contribution in [2.75, 3.05) is 33.3 Å². The number of piperazine rings is 1. The topological polar surface area (TPSA) is 87.2 Å². The summed E-state index contributed by atoms with van der Waals surface area (Å²) >= 11 is 0. The Morgan fingerprint density at radius 3 is 2.03 bits per heavy atom. The lowest BCUT2D eigenvalue weighted by molar-refractivity contribution is -0.136. The van der Waals surface area contributed by atoms with Crippen molar-refractivity contribution in [1.29, 1.82) is 0 Å². The van der Waals surface area contributed by atoms with Crippen molar-refractivity contribution in [2.24, 2.45) is 0 Å². The molecule has 1 saturated heterocycles. The summed E-state index contributed by atoms with van der Waals surface area (Å²) in [6.45, 7) is 2.98. The maximum Gasteiger partial charge on any atom is 0.262 e. The number of fused-ring (bicyclic) bond motifs is 1. The number of benzene rings is 2. The van der Waals surface area contributed by atoms with Gasteiger partial charge < -0.3 is 14.5 Å². The third-order valence-corrected chi connectivity index (χ3v) is 5.77. The van der Waals surface area contributed by atoms with E-state index in [1.807, 2.05) is 0 Å². The number of imide groups is 1. The largest absolute Gasteiger partial charge is 0.497 e. The molecule has 1 unspecified atom stereocenters. The highest BCUT2D eigenvalue weighted by molar-refractivity contribution is 6.22. The normalized spacial score (nSPS) is 16.9. The smallest absolute Gasteiger partial charge is 0.262 e. The highest BCUT2D eigenvalue weighted by Crippen LogP contribution is 2.25. The van der Waals surface area contributed by atoms with E-state index < -0.39 is 17.9 Å². The van der Waals surface area contributed by atoms with Crippen LogP contribution in [0.2, 0.25) is 0 Å². The lowest BCUT2D eigenvalue weighted by atomic mass is 10.1. The Hall–Kier alpha value is -3.68. The zero-order valence-corrected chi connectivity index (χ0v) is 17.4. The maximum atomic E-state index is 13.0. The molecule has 0 bridgehead atoms. The third kappa shape index (κ3) is 3.65. The number of hydrogen-bond acceptors (Lipinski definition) is 5. The predicted octanol–water partition coefficient (Wildman–Crippen LogP) is 1.66. The molecule has 2 aromatic carbocycles. The van der Waals surface area contributed by atoms with E-state index in [-0.39, 0.29) is 11.8 Å². The Balaban J connectivity index is 1.40. The van der Waals surface area contributed by atoms with Gasteiger partial charge in [-0.2, -0.15) is 0 Å². The molecular formula is C23H23N3O5. The van der Waals surface area contributed by atoms with E-state index in [0.717, 1.165) is 4.90 Å². The third-order valence-electron chi connectivity index (χ3n) is 5.77. The number of ether oxygens (including phenoxy) is 1. The molecule has 0 saturated carbocycles. The molecule has 2 aliphatic heterocycles. The fourth-order valence-corrected chi connectivity index (χ4v) is 4.00. The summed E-state index contributed by atoms with van der Waals surface area (Å²) in [6, 6.07) is 12.6. The van der Waals surface area contributed by atoms with Gasteiger partial charge in [-0.15, -0.1) is 0 Å². The second kappa shape index (κ2) is 8.22. The van der Waals surface area contributed by atoms with Gasteiger partial charge in [0, 0.05) is 31.7 Å². The molecule has 31 heavy (non-hydrogen) atoms. The molecule has 8 nitrogen and oxygen atoms in total. The SMILES string of the molecule is COc1cccc(C(=O)N2CCN(C(=O)C(C)N3C(=O)c4ccccc4C3=O)CC2)c1. The lowest BCUT2D eigenvalue weighted by Gasteiger charge is -2.37. The van der Waals surface area contributed by atoms with Crippen LogP contribution in [-0.2, 0) is 4.79 Å². The molecule has 2 heterocycles. The molecular weight excluding hydrogens is 398 g/mol. The van der Waals surface area contributed by atoms with Crippen molar-refractivity contribution >= 4 is 23.6 Å². The van der Waals surface area contributed by atoms with Crippen molar-refractivity contribution in [3.05, 3.63) is 65.2 Å². The minimum absolute atomic E-state index is 0.126. The predicted molar refractivity (Wildman–Crippen MR) is 112 cm³/mol. The van der Waals surface area contributed by atoms with Crippen LogP contribution < -0.4 is 4.74 Å². The van der Waals surface area contributed by atoms with Gasteiger partial charge in [-0.05, 0) is 37.3 Å². The maximum absolute atomic E-state index is 13.0. The van der Waals surface area contributed by atoms with Crippen LogP contribution in [0.25, 0.3) is 0 Å². The molecule has 0 spiro atoms. The Labute approximate surface area is 180 Å². The lowest BCUT2D eigenvalue weighted by Crippen LogP contribution is -2.56. The van der Waals surface area contributed by atoms with Gasteiger partial charge in [0.15, 0.2) is 0 Å². The van der Waals surface area contributed by atoms with Crippen LogP contribution in [0.3, 0.4) is 0 Å². The van der Waals surface area contributed by atoms with Gasteiger partial charge in [-0.3, -0.25) is 24.1 Å². The van der Waals surface area contributed by atoms with E-state index in [0.29, 0.717) is 48.6 Å². The van der Waals surface area contributed by atoms with Crippen molar-refractivity contribution in [2.45, 2.75) is 13.0 Å². The number of nitrogens with zero attached hydrogens (tertiary/aromatic N) is 3. The Kier molecular flexibility index (Phi) is 5.46. The standard InChI is InChI=1S/C23H23N3O5/c1-15(26-22(29)18-8-3-4-9-19(18)23(26)30)20(27)24-10-12-25(13-11-24)21(28)16-6-5-7-17(14-16)31-2/h3-9,14-15H,10-13H2,1-2H3. The Morgan fingerprint density at radius 2 is 1.45 bits per heavy atom. The van der Waals surface area contributed by atoms with Crippen LogP contribution in [0.4, 0.5) is 0 Å². The van der Waals surface area contributed by atoms with Crippen LogP contribution in [-0.4, -0.2) is 77.7 Å². The number of methoxy groups -OCH3 is 1. The van der Waals surface area contributed by atoms with Crippen molar-refractivity contribution < 1.29 is 23.9 Å². The zero-order chi connectivity index (χ0) is 22.1. The van der Waals surface area contributed by atoms with Gasteiger partial charge >= 0.3 is 0 Å². The summed E-state index contributed by atoms with van der Waals surface area (Å²) in [5.74, 6) is -0.724. The molecule has 2 aromatic rings. The molecule has 0 N–H and O–H groups in total. The quantitative estimate of drug-likeness (QED) is 0.701. The first-order chi connectivity index (χ1) is 14.9. The van der Waals surface area contributed by atoms with Gasteiger partial charge in [-0.1, -0.05) is 18.2 Å². The Morgan fingerprint density at radius 1 is 0.871 bits per heavy atom. The zero-order valence-electron chi connectivity index (χ0n) is 17.4. The van der Waals surface area contributed by atoms with E-state index in [2.05, 4.69) is 0 Å². The van der Waals surface area contributed by atoms with Gasteiger partial charge in [0.1, 0.15) is 11.8 Å².